The third kappa shape index (κ3) is 7.09. The van der Waals surface area contributed by atoms with Gasteiger partial charge >= 0.3 is 5.97 Å². The van der Waals surface area contributed by atoms with E-state index in [1.807, 2.05) is 25.1 Å². The van der Waals surface area contributed by atoms with Gasteiger partial charge in [0.25, 0.3) is 11.8 Å². The summed E-state index contributed by atoms with van der Waals surface area (Å²) in [6, 6.07) is 19.1. The van der Waals surface area contributed by atoms with Crippen LogP contribution >= 0.6 is 0 Å². The number of benzene rings is 3. The number of para-hydroxylation sites is 1. The Labute approximate surface area is 210 Å². The van der Waals surface area contributed by atoms with Crippen molar-refractivity contribution in [3.05, 3.63) is 83.4 Å². The van der Waals surface area contributed by atoms with Gasteiger partial charge in [-0.1, -0.05) is 18.2 Å². The van der Waals surface area contributed by atoms with Crippen LogP contribution in [0.1, 0.15) is 52.0 Å². The number of aryl methyl sites for hydroxylation is 1. The number of hydrogen-bond donors (Lipinski definition) is 3. The second-order valence-electron chi connectivity index (χ2n) is 8.51. The van der Waals surface area contributed by atoms with E-state index in [4.69, 9.17) is 15.6 Å². The van der Waals surface area contributed by atoms with Gasteiger partial charge in [0, 0.05) is 30.4 Å². The second kappa shape index (κ2) is 12.4. The van der Waals surface area contributed by atoms with Crippen LogP contribution < -0.4 is 20.7 Å². The highest BCUT2D eigenvalue weighted by molar-refractivity contribution is 6.09. The van der Waals surface area contributed by atoms with Crippen LogP contribution in [0.4, 0.5) is 17.1 Å². The molecule has 188 valence electrons. The average Bonchev–Trinajstić information content (AvgIpc) is 2.86. The lowest BCUT2D eigenvalue weighted by Gasteiger charge is -2.21. The first-order valence-electron chi connectivity index (χ1n) is 11.8. The smallest absolute Gasteiger partial charge is 0.303 e. The summed E-state index contributed by atoms with van der Waals surface area (Å²) in [6.45, 7) is 2.37. The van der Waals surface area contributed by atoms with Crippen molar-refractivity contribution in [3.63, 3.8) is 0 Å². The number of nitrogens with one attached hydrogen (secondary N) is 1. The molecule has 0 aliphatic rings. The number of nitrogens with zero attached hydrogens (tertiary/aromatic N) is 1. The number of carbonyl (C=O) groups is 3. The highest BCUT2D eigenvalue weighted by atomic mass is 16.5. The van der Waals surface area contributed by atoms with Gasteiger partial charge in [-0.25, -0.2) is 0 Å². The van der Waals surface area contributed by atoms with E-state index in [1.54, 1.807) is 55.6 Å². The first kappa shape index (κ1) is 26.3. The summed E-state index contributed by atoms with van der Waals surface area (Å²) in [5.74, 6) is -0.759. The summed E-state index contributed by atoms with van der Waals surface area (Å²) < 4.78 is 5.95. The Morgan fingerprint density at radius 1 is 0.972 bits per heavy atom. The van der Waals surface area contributed by atoms with E-state index in [0.29, 0.717) is 47.0 Å². The molecule has 36 heavy (non-hydrogen) atoms. The van der Waals surface area contributed by atoms with Crippen LogP contribution in [-0.4, -0.2) is 36.5 Å². The summed E-state index contributed by atoms with van der Waals surface area (Å²) in [5, 5.41) is 11.5. The van der Waals surface area contributed by atoms with E-state index in [0.717, 1.165) is 18.4 Å². The summed E-state index contributed by atoms with van der Waals surface area (Å²) >= 11 is 0. The predicted molar refractivity (Wildman–Crippen MR) is 141 cm³/mol. The van der Waals surface area contributed by atoms with E-state index in [9.17, 15) is 14.4 Å². The van der Waals surface area contributed by atoms with Crippen molar-refractivity contribution in [2.24, 2.45) is 0 Å². The van der Waals surface area contributed by atoms with E-state index in [-0.39, 0.29) is 18.2 Å². The van der Waals surface area contributed by atoms with Crippen molar-refractivity contribution >= 4 is 34.8 Å². The molecule has 0 saturated carbocycles. The average molecular weight is 490 g/mol. The lowest BCUT2D eigenvalue weighted by Crippen LogP contribution is -2.27. The van der Waals surface area contributed by atoms with Crippen molar-refractivity contribution in [1.82, 2.24) is 0 Å². The molecule has 4 N–H and O–H groups in total. The van der Waals surface area contributed by atoms with Crippen molar-refractivity contribution in [2.75, 3.05) is 29.6 Å². The lowest BCUT2D eigenvalue weighted by molar-refractivity contribution is -0.137. The SMILES string of the molecule is Cc1ccc(N(C)C(=O)c2ccc(NC(=O)c3ccccc3N)cc2)c(OCCCCCC(=O)O)c1. The van der Waals surface area contributed by atoms with Gasteiger partial charge in [0.1, 0.15) is 5.75 Å². The van der Waals surface area contributed by atoms with Crippen LogP contribution in [0, 0.1) is 6.92 Å². The number of aliphatic carboxylic acids is 1. The molecule has 0 heterocycles. The molecule has 0 aliphatic carbocycles. The molecule has 3 aromatic rings. The van der Waals surface area contributed by atoms with Gasteiger partial charge in [-0.05, 0) is 80.3 Å². The van der Waals surface area contributed by atoms with Gasteiger partial charge in [0.05, 0.1) is 17.9 Å². The number of amides is 2. The molecule has 2 amide bonds. The lowest BCUT2D eigenvalue weighted by atomic mass is 10.1. The maximum atomic E-state index is 13.2. The second-order valence-corrected chi connectivity index (χ2v) is 8.51. The highest BCUT2D eigenvalue weighted by Gasteiger charge is 2.18. The minimum atomic E-state index is -0.798. The molecule has 0 aliphatic heterocycles. The largest absolute Gasteiger partial charge is 0.491 e. The number of carboxylic acids is 1. The molecule has 0 unspecified atom stereocenters. The standard InChI is InChI=1S/C28H31N3O5/c1-19-11-16-24(25(18-19)36-17-7-3-4-10-26(32)33)31(2)28(35)20-12-14-21(15-13-20)30-27(34)22-8-5-6-9-23(22)29/h5-6,8-9,11-16,18H,3-4,7,10,17,29H2,1-2H3,(H,30,34)(H,32,33). The van der Waals surface area contributed by atoms with Gasteiger partial charge in [-0.2, -0.15) is 0 Å². The quantitative estimate of drug-likeness (QED) is 0.254. The maximum absolute atomic E-state index is 13.2. The number of carbonyl (C=O) groups excluding carboxylic acids is 2. The Bertz CT molecular complexity index is 1220. The van der Waals surface area contributed by atoms with Crippen molar-refractivity contribution < 1.29 is 24.2 Å². The van der Waals surface area contributed by atoms with Crippen LogP contribution in [0.3, 0.4) is 0 Å². The Hall–Kier alpha value is -4.33. The van der Waals surface area contributed by atoms with Gasteiger partial charge in [-0.3, -0.25) is 14.4 Å². The Balaban J connectivity index is 1.64. The van der Waals surface area contributed by atoms with E-state index in [1.165, 1.54) is 4.90 Å². The minimum absolute atomic E-state index is 0.149. The number of unbranched alkanes of at least 4 members (excludes halogenated alkanes) is 2. The summed E-state index contributed by atoms with van der Waals surface area (Å²) in [7, 11) is 1.68. The Morgan fingerprint density at radius 3 is 2.39 bits per heavy atom. The minimum Gasteiger partial charge on any atom is -0.491 e. The van der Waals surface area contributed by atoms with Crippen LogP contribution in [-0.2, 0) is 4.79 Å². The van der Waals surface area contributed by atoms with E-state index >= 15 is 0 Å². The number of carboxylic acid groups (broad SMARTS) is 1. The summed E-state index contributed by atoms with van der Waals surface area (Å²) in [4.78, 5) is 37.8. The molecule has 0 fully saturated rings. The number of anilines is 3. The molecule has 3 aromatic carbocycles. The van der Waals surface area contributed by atoms with Crippen LogP contribution in [0.25, 0.3) is 0 Å². The first-order valence-corrected chi connectivity index (χ1v) is 11.8. The normalized spacial score (nSPS) is 10.5. The van der Waals surface area contributed by atoms with Gasteiger partial charge in [0.2, 0.25) is 0 Å². The van der Waals surface area contributed by atoms with Crippen LogP contribution in [0.5, 0.6) is 5.75 Å². The zero-order valence-electron chi connectivity index (χ0n) is 20.5. The zero-order valence-corrected chi connectivity index (χ0v) is 20.5. The molecule has 8 heteroatoms. The topological polar surface area (TPSA) is 122 Å². The van der Waals surface area contributed by atoms with Crippen molar-refractivity contribution in [1.29, 1.82) is 0 Å². The number of nitrogens with two attached hydrogens (primary N) is 1. The molecule has 0 radical (unpaired) electrons. The number of rotatable bonds is 11. The molecule has 0 bridgehead atoms. The third-order valence-corrected chi connectivity index (χ3v) is 5.67. The molecule has 3 rings (SSSR count). The summed E-state index contributed by atoms with van der Waals surface area (Å²) in [6.07, 6.45) is 2.23. The molecular formula is C28H31N3O5. The number of ether oxygens (including phenoxy) is 1. The Morgan fingerprint density at radius 2 is 1.69 bits per heavy atom. The predicted octanol–water partition coefficient (Wildman–Crippen LogP) is 5.13. The molecule has 0 saturated heterocycles. The number of hydrogen-bond acceptors (Lipinski definition) is 5. The van der Waals surface area contributed by atoms with E-state index < -0.39 is 5.97 Å². The fourth-order valence-corrected chi connectivity index (χ4v) is 3.65. The van der Waals surface area contributed by atoms with Crippen molar-refractivity contribution in [3.8, 4) is 5.75 Å². The molecular weight excluding hydrogens is 458 g/mol. The zero-order chi connectivity index (χ0) is 26.1. The highest BCUT2D eigenvalue weighted by Crippen LogP contribution is 2.30. The Kier molecular flexibility index (Phi) is 9.05. The van der Waals surface area contributed by atoms with Crippen LogP contribution in [0.2, 0.25) is 0 Å². The fraction of sp³-hybridized carbons (Fsp3) is 0.250. The molecule has 0 aromatic heterocycles. The van der Waals surface area contributed by atoms with Gasteiger partial charge < -0.3 is 25.8 Å². The van der Waals surface area contributed by atoms with Gasteiger partial charge in [-0.15, -0.1) is 0 Å². The van der Waals surface area contributed by atoms with E-state index in [2.05, 4.69) is 5.32 Å². The molecule has 0 spiro atoms. The van der Waals surface area contributed by atoms with Crippen LogP contribution in [0.15, 0.2) is 66.7 Å². The fourth-order valence-electron chi connectivity index (χ4n) is 3.65. The monoisotopic (exact) mass is 489 g/mol. The maximum Gasteiger partial charge on any atom is 0.303 e. The summed E-state index contributed by atoms with van der Waals surface area (Å²) in [5.41, 5.74) is 9.27. The number of nitrogen functional groups attached to an aromatic ring is 1. The first-order chi connectivity index (χ1) is 17.3. The van der Waals surface area contributed by atoms with Gasteiger partial charge in [0.15, 0.2) is 0 Å². The molecule has 0 atom stereocenters. The molecule has 8 nitrogen and oxygen atoms in total. The van der Waals surface area contributed by atoms with Crippen molar-refractivity contribution in [2.45, 2.75) is 32.6 Å². The third-order valence-electron chi connectivity index (χ3n) is 5.67.